The maximum absolute atomic E-state index is 2.43. The molecule has 1 heteroatoms. The third kappa shape index (κ3) is 7.03. The molecular formula is C40H68Cr. The zero-order chi connectivity index (χ0) is 29.4. The van der Waals surface area contributed by atoms with Crippen molar-refractivity contribution in [3.8, 4) is 0 Å². The van der Waals surface area contributed by atoms with Crippen LogP contribution in [-0.4, -0.2) is 0 Å². The largest absolute Gasteiger partial charge is 4.00 e. The fraction of sp³-hybridized carbons (Fsp3) is 0.900. The molecule has 8 fully saturated rings. The first-order chi connectivity index (χ1) is 18.4. The van der Waals surface area contributed by atoms with Gasteiger partial charge in [-0.25, -0.2) is 0 Å². The minimum Gasteiger partial charge on any atom is -0.310 e. The predicted molar refractivity (Wildman–Crippen MR) is 174 cm³/mol. The molecule has 8 atom stereocenters. The van der Waals surface area contributed by atoms with E-state index in [4.69, 9.17) is 0 Å². The summed E-state index contributed by atoms with van der Waals surface area (Å²) < 4.78 is 0. The van der Waals surface area contributed by atoms with E-state index < -0.39 is 0 Å². The summed E-state index contributed by atoms with van der Waals surface area (Å²) in [6.45, 7) is 29.0. The van der Waals surface area contributed by atoms with Gasteiger partial charge in [0.1, 0.15) is 0 Å². The molecule has 0 nitrogen and oxygen atoms in total. The van der Waals surface area contributed by atoms with Gasteiger partial charge in [0.15, 0.2) is 0 Å². The number of hydrogen-bond donors (Lipinski definition) is 0. The maximum Gasteiger partial charge on any atom is 4.00 e. The zero-order valence-corrected chi connectivity index (χ0v) is 30.8. The van der Waals surface area contributed by atoms with Crippen molar-refractivity contribution in [1.29, 1.82) is 0 Å². The minimum atomic E-state index is 0. The summed E-state index contributed by atoms with van der Waals surface area (Å²) in [5.41, 5.74) is 2.62. The van der Waals surface area contributed by atoms with Crippen LogP contribution >= 0.6 is 0 Å². The molecular weight excluding hydrogens is 532 g/mol. The Balaban J connectivity index is 0.000000125. The average molecular weight is 601 g/mol. The van der Waals surface area contributed by atoms with Gasteiger partial charge in [-0.15, -0.1) is 0 Å². The molecule has 0 radical (unpaired) electrons. The van der Waals surface area contributed by atoms with Gasteiger partial charge < -0.3 is 23.7 Å². The molecule has 0 amide bonds. The summed E-state index contributed by atoms with van der Waals surface area (Å²) in [6.07, 6.45) is 17.4. The summed E-state index contributed by atoms with van der Waals surface area (Å²) in [7, 11) is 0. The van der Waals surface area contributed by atoms with Crippen molar-refractivity contribution >= 4 is 0 Å². The topological polar surface area (TPSA) is 0 Å². The van der Waals surface area contributed by atoms with Crippen molar-refractivity contribution in [2.24, 2.45) is 69.0 Å². The third-order valence-electron chi connectivity index (χ3n) is 14.5. The van der Waals surface area contributed by atoms with Crippen LogP contribution in [0.5, 0.6) is 0 Å². The molecule has 8 aliphatic rings. The molecule has 0 heterocycles. The molecule has 0 N–H and O–H groups in total. The van der Waals surface area contributed by atoms with Crippen molar-refractivity contribution in [3.63, 3.8) is 0 Å². The van der Waals surface area contributed by atoms with E-state index in [0.717, 1.165) is 47.3 Å². The van der Waals surface area contributed by atoms with Gasteiger partial charge in [-0.2, -0.15) is 75.0 Å². The van der Waals surface area contributed by atoms with Crippen LogP contribution in [0, 0.1) is 92.7 Å². The van der Waals surface area contributed by atoms with Crippen LogP contribution in [0.4, 0.5) is 0 Å². The zero-order valence-electron chi connectivity index (χ0n) is 29.5. The quantitative estimate of drug-likeness (QED) is 0.243. The molecule has 8 saturated carbocycles. The van der Waals surface area contributed by atoms with Gasteiger partial charge in [-0.05, 0) is 0 Å². The Hall–Kier alpha value is 0.532. The second-order valence-electron chi connectivity index (χ2n) is 19.4. The van der Waals surface area contributed by atoms with Crippen LogP contribution in [0.15, 0.2) is 0 Å². The van der Waals surface area contributed by atoms with Crippen molar-refractivity contribution < 1.29 is 17.4 Å². The molecule has 8 bridgehead atoms. The van der Waals surface area contributed by atoms with Gasteiger partial charge in [0, 0.05) is 0 Å². The van der Waals surface area contributed by atoms with Crippen molar-refractivity contribution in [2.45, 2.75) is 160 Å². The summed E-state index contributed by atoms with van der Waals surface area (Å²) in [4.78, 5) is 0. The summed E-state index contributed by atoms with van der Waals surface area (Å²) in [5.74, 6) is 15.4. The van der Waals surface area contributed by atoms with Crippen LogP contribution in [-0.2, 0) is 17.4 Å². The van der Waals surface area contributed by atoms with Gasteiger partial charge in [-0.3, -0.25) is 0 Å². The Bertz CT molecular complexity index is 727. The Morgan fingerprint density at radius 3 is 0.610 bits per heavy atom. The van der Waals surface area contributed by atoms with Crippen LogP contribution in [0.3, 0.4) is 0 Å². The van der Waals surface area contributed by atoms with E-state index in [9.17, 15) is 0 Å². The van der Waals surface area contributed by atoms with E-state index in [1.54, 1.807) is 0 Å². The minimum absolute atomic E-state index is 0. The van der Waals surface area contributed by atoms with Gasteiger partial charge in [0.2, 0.25) is 0 Å². The second kappa shape index (κ2) is 12.0. The van der Waals surface area contributed by atoms with Crippen molar-refractivity contribution in [1.82, 2.24) is 0 Å². The van der Waals surface area contributed by atoms with Crippen LogP contribution in [0.1, 0.15) is 160 Å². The van der Waals surface area contributed by atoms with Gasteiger partial charge >= 0.3 is 17.4 Å². The predicted octanol–water partition coefficient (Wildman–Crippen LogP) is 12.1. The van der Waals surface area contributed by atoms with Gasteiger partial charge in [0.25, 0.3) is 0 Å². The first-order valence-corrected chi connectivity index (χ1v) is 17.8. The van der Waals surface area contributed by atoms with E-state index in [-0.39, 0.29) is 17.4 Å². The number of rotatable bonds is 0. The first-order valence-electron chi connectivity index (χ1n) is 17.8. The summed E-state index contributed by atoms with van der Waals surface area (Å²) >= 11 is 0. The van der Waals surface area contributed by atoms with E-state index in [1.165, 1.54) is 77.0 Å². The number of fused-ring (bicyclic) bond motifs is 8. The molecule has 8 rings (SSSR count). The molecule has 8 aliphatic carbocycles. The van der Waals surface area contributed by atoms with Crippen LogP contribution < -0.4 is 0 Å². The third-order valence-corrected chi connectivity index (χ3v) is 14.5. The second-order valence-corrected chi connectivity index (χ2v) is 19.4. The van der Waals surface area contributed by atoms with Crippen molar-refractivity contribution in [2.75, 3.05) is 0 Å². The molecule has 8 unspecified atom stereocenters. The van der Waals surface area contributed by atoms with Gasteiger partial charge in [0.05, 0.1) is 0 Å². The first kappa shape index (κ1) is 34.4. The molecule has 0 aliphatic heterocycles. The fourth-order valence-corrected chi connectivity index (χ4v) is 11.1. The van der Waals surface area contributed by atoms with Crippen molar-refractivity contribution in [3.05, 3.63) is 23.7 Å². The molecule has 0 aromatic rings. The van der Waals surface area contributed by atoms with E-state index >= 15 is 0 Å². The van der Waals surface area contributed by atoms with Gasteiger partial charge in [-0.1, -0.05) is 154 Å². The molecule has 234 valence electrons. The Labute approximate surface area is 269 Å². The Kier molecular flexibility index (Phi) is 10.1. The van der Waals surface area contributed by atoms with E-state index in [2.05, 4.69) is 83.1 Å². The average Bonchev–Trinajstić information content (AvgIpc) is 3.67. The van der Waals surface area contributed by atoms with Crippen LogP contribution in [0.25, 0.3) is 0 Å². The number of hydrogen-bond acceptors (Lipinski definition) is 0. The Morgan fingerprint density at radius 1 is 0.366 bits per heavy atom. The fourth-order valence-electron chi connectivity index (χ4n) is 11.1. The summed E-state index contributed by atoms with van der Waals surface area (Å²) in [5, 5.41) is 0. The maximum atomic E-state index is 2.43. The monoisotopic (exact) mass is 600 g/mol. The van der Waals surface area contributed by atoms with E-state index in [1.807, 2.05) is 23.7 Å². The Morgan fingerprint density at radius 2 is 0.537 bits per heavy atom. The smallest absolute Gasteiger partial charge is 0.310 e. The molecule has 0 spiro atoms. The molecule has 41 heavy (non-hydrogen) atoms. The molecule has 0 saturated heterocycles. The van der Waals surface area contributed by atoms with E-state index in [0.29, 0.717) is 21.7 Å². The molecule has 0 aromatic carbocycles. The SMILES string of the molecule is CC1CC2C[C-]1CC2(C)C.CC1CC2C[C-]1CC2(C)C.CC1CC2C[C-]1CC2(C)C.CC1CC2C[C-]1CC2(C)C.[Cr+4]. The standard InChI is InChI=1S/4C10H17.Cr/c4*1-7-4-9-5-8(7)6-10(9,2)3;/h4*7,9H,4-6H2,1-3H3;/q4*-1;+4. The van der Waals surface area contributed by atoms with Crippen LogP contribution in [0.2, 0.25) is 0 Å². The molecule has 0 aromatic heterocycles. The normalized spacial score (nSPS) is 43.6. The summed E-state index contributed by atoms with van der Waals surface area (Å²) in [6, 6.07) is 0.